The number of benzene rings is 2. The second kappa shape index (κ2) is 7.50. The van der Waals surface area contributed by atoms with Crippen molar-refractivity contribution in [3.05, 3.63) is 88.7 Å². The van der Waals surface area contributed by atoms with Gasteiger partial charge in [-0.1, -0.05) is 48.0 Å². The molecule has 0 spiro atoms. The van der Waals surface area contributed by atoms with Crippen LogP contribution in [-0.2, 0) is 0 Å². The lowest BCUT2D eigenvalue weighted by molar-refractivity contribution is 0.628. The standard InChI is InChI=1S/C23H17ClFN3S/c24-19-9-5-4-8-18(19)21-22(26-17-12-10-16(25)11-13-17)28-20(14-29-23(28)27-21)15-6-2-1-3-7-15/h1-2,4-6,8-14,26H,3,7H2. The number of nitrogens with one attached hydrogen (secondary N) is 1. The molecule has 3 nitrogen and oxygen atoms in total. The first-order valence-electron chi connectivity index (χ1n) is 9.34. The molecule has 0 fully saturated rings. The summed E-state index contributed by atoms with van der Waals surface area (Å²) in [5.41, 5.74) is 4.81. The van der Waals surface area contributed by atoms with Crippen LogP contribution in [0.2, 0.25) is 5.02 Å². The number of thiazole rings is 1. The van der Waals surface area contributed by atoms with Crippen molar-refractivity contribution in [2.75, 3.05) is 5.32 Å². The number of fused-ring (bicyclic) bond motifs is 1. The molecule has 0 saturated carbocycles. The summed E-state index contributed by atoms with van der Waals surface area (Å²) in [5.74, 6) is 0.557. The van der Waals surface area contributed by atoms with E-state index < -0.39 is 0 Å². The van der Waals surface area contributed by atoms with E-state index in [1.165, 1.54) is 17.7 Å². The molecule has 0 atom stereocenters. The molecule has 1 aliphatic carbocycles. The van der Waals surface area contributed by atoms with Crippen molar-refractivity contribution >= 4 is 45.0 Å². The third kappa shape index (κ3) is 3.37. The normalized spacial score (nSPS) is 13.7. The van der Waals surface area contributed by atoms with Gasteiger partial charge in [-0.3, -0.25) is 4.40 Å². The van der Waals surface area contributed by atoms with E-state index in [1.807, 2.05) is 24.3 Å². The van der Waals surface area contributed by atoms with E-state index in [1.54, 1.807) is 23.5 Å². The molecule has 29 heavy (non-hydrogen) atoms. The third-order valence-electron chi connectivity index (χ3n) is 4.94. The fourth-order valence-corrected chi connectivity index (χ4v) is 4.66. The van der Waals surface area contributed by atoms with Crippen LogP contribution in [0.1, 0.15) is 18.5 Å². The summed E-state index contributed by atoms with van der Waals surface area (Å²) in [7, 11) is 0. The van der Waals surface area contributed by atoms with Crippen molar-refractivity contribution in [1.29, 1.82) is 0 Å². The predicted molar refractivity (Wildman–Crippen MR) is 120 cm³/mol. The predicted octanol–water partition coefficient (Wildman–Crippen LogP) is 7.33. The summed E-state index contributed by atoms with van der Waals surface area (Å²) < 4.78 is 15.5. The molecular weight excluding hydrogens is 405 g/mol. The molecule has 4 aromatic rings. The summed E-state index contributed by atoms with van der Waals surface area (Å²) in [6, 6.07) is 14.0. The summed E-state index contributed by atoms with van der Waals surface area (Å²) in [5, 5.41) is 6.23. The van der Waals surface area contributed by atoms with Crippen LogP contribution in [0.5, 0.6) is 0 Å². The number of imidazole rings is 1. The highest BCUT2D eigenvalue weighted by molar-refractivity contribution is 7.15. The van der Waals surface area contributed by atoms with Crippen LogP contribution in [0, 0.1) is 5.82 Å². The van der Waals surface area contributed by atoms with E-state index in [9.17, 15) is 4.39 Å². The molecule has 0 bridgehead atoms. The van der Waals surface area contributed by atoms with Gasteiger partial charge in [0.15, 0.2) is 4.96 Å². The van der Waals surface area contributed by atoms with Crippen LogP contribution in [0.15, 0.2) is 72.1 Å². The summed E-state index contributed by atoms with van der Waals surface area (Å²) in [6.07, 6.45) is 8.44. The lowest BCUT2D eigenvalue weighted by Gasteiger charge is -2.13. The fourth-order valence-electron chi connectivity index (χ4n) is 3.53. The molecule has 2 aromatic carbocycles. The SMILES string of the molecule is Fc1ccc(Nc2c(-c3ccccc3Cl)nc3scc(C4=CC=CCC4)n23)cc1. The fraction of sp³-hybridized carbons (Fsp3) is 0.0870. The molecule has 6 heteroatoms. The van der Waals surface area contributed by atoms with Crippen molar-refractivity contribution in [3.8, 4) is 11.3 Å². The smallest absolute Gasteiger partial charge is 0.196 e. The highest BCUT2D eigenvalue weighted by Gasteiger charge is 2.21. The zero-order valence-electron chi connectivity index (χ0n) is 15.4. The van der Waals surface area contributed by atoms with Crippen molar-refractivity contribution in [2.24, 2.45) is 0 Å². The molecule has 144 valence electrons. The number of anilines is 2. The van der Waals surface area contributed by atoms with Gasteiger partial charge >= 0.3 is 0 Å². The van der Waals surface area contributed by atoms with Gasteiger partial charge in [0, 0.05) is 16.6 Å². The van der Waals surface area contributed by atoms with Crippen molar-refractivity contribution in [1.82, 2.24) is 9.38 Å². The molecule has 0 aliphatic heterocycles. The number of allylic oxidation sites excluding steroid dienone is 4. The van der Waals surface area contributed by atoms with Crippen LogP contribution in [-0.4, -0.2) is 9.38 Å². The van der Waals surface area contributed by atoms with E-state index in [-0.39, 0.29) is 5.82 Å². The molecule has 2 aromatic heterocycles. The van der Waals surface area contributed by atoms with E-state index in [4.69, 9.17) is 16.6 Å². The Morgan fingerprint density at radius 1 is 1.10 bits per heavy atom. The average Bonchev–Trinajstić information content (AvgIpc) is 3.31. The van der Waals surface area contributed by atoms with E-state index >= 15 is 0 Å². The summed E-state index contributed by atoms with van der Waals surface area (Å²) in [6.45, 7) is 0. The molecule has 0 radical (unpaired) electrons. The first kappa shape index (κ1) is 18.2. The molecule has 0 unspecified atom stereocenters. The van der Waals surface area contributed by atoms with Crippen LogP contribution in [0.25, 0.3) is 21.8 Å². The van der Waals surface area contributed by atoms with Gasteiger partial charge < -0.3 is 5.32 Å². The van der Waals surface area contributed by atoms with Gasteiger partial charge in [-0.25, -0.2) is 9.37 Å². The lowest BCUT2D eigenvalue weighted by atomic mass is 10.0. The maximum atomic E-state index is 13.4. The highest BCUT2D eigenvalue weighted by Crippen LogP contribution is 2.39. The van der Waals surface area contributed by atoms with Gasteiger partial charge in [0.25, 0.3) is 0 Å². The number of halogens is 2. The number of nitrogens with zero attached hydrogens (tertiary/aromatic N) is 2. The molecule has 0 amide bonds. The lowest BCUT2D eigenvalue weighted by Crippen LogP contribution is -2.00. The first-order chi connectivity index (χ1) is 14.2. The van der Waals surface area contributed by atoms with Gasteiger partial charge in [-0.05, 0) is 48.7 Å². The van der Waals surface area contributed by atoms with Crippen LogP contribution < -0.4 is 5.32 Å². The highest BCUT2D eigenvalue weighted by atomic mass is 35.5. The van der Waals surface area contributed by atoms with Crippen molar-refractivity contribution < 1.29 is 4.39 Å². The average molecular weight is 422 g/mol. The molecular formula is C23H17ClFN3S. The van der Waals surface area contributed by atoms with E-state index in [0.29, 0.717) is 5.02 Å². The second-order valence-corrected chi connectivity index (χ2v) is 8.06. The Morgan fingerprint density at radius 2 is 1.93 bits per heavy atom. The Labute approximate surface area is 176 Å². The summed E-state index contributed by atoms with van der Waals surface area (Å²) in [4.78, 5) is 5.77. The van der Waals surface area contributed by atoms with Crippen molar-refractivity contribution in [2.45, 2.75) is 12.8 Å². The Kier molecular flexibility index (Phi) is 4.70. The zero-order chi connectivity index (χ0) is 19.8. The largest absolute Gasteiger partial charge is 0.339 e. The van der Waals surface area contributed by atoms with Gasteiger partial charge in [-0.15, -0.1) is 11.3 Å². The van der Waals surface area contributed by atoms with Gasteiger partial charge in [0.2, 0.25) is 0 Å². The minimum Gasteiger partial charge on any atom is -0.339 e. The molecule has 1 N–H and O–H groups in total. The number of hydrogen-bond donors (Lipinski definition) is 1. The van der Waals surface area contributed by atoms with Crippen LogP contribution in [0.3, 0.4) is 0 Å². The monoisotopic (exact) mass is 421 g/mol. The third-order valence-corrected chi connectivity index (χ3v) is 6.10. The Hall–Kier alpha value is -2.89. The van der Waals surface area contributed by atoms with Gasteiger partial charge in [-0.2, -0.15) is 0 Å². The van der Waals surface area contributed by atoms with E-state index in [0.717, 1.165) is 46.3 Å². The topological polar surface area (TPSA) is 29.3 Å². The maximum Gasteiger partial charge on any atom is 0.196 e. The maximum absolute atomic E-state index is 13.4. The minimum atomic E-state index is -0.268. The second-order valence-electron chi connectivity index (χ2n) is 6.82. The quantitative estimate of drug-likeness (QED) is 0.373. The van der Waals surface area contributed by atoms with Crippen LogP contribution >= 0.6 is 22.9 Å². The Balaban J connectivity index is 1.73. The Morgan fingerprint density at radius 3 is 2.69 bits per heavy atom. The number of aromatic nitrogens is 2. The van der Waals surface area contributed by atoms with Crippen LogP contribution in [0.4, 0.5) is 15.9 Å². The Bertz CT molecular complexity index is 1250. The number of rotatable bonds is 4. The zero-order valence-corrected chi connectivity index (χ0v) is 17.0. The molecule has 0 saturated heterocycles. The van der Waals surface area contributed by atoms with Gasteiger partial charge in [0.05, 0.1) is 10.7 Å². The molecule has 2 heterocycles. The number of hydrogen-bond acceptors (Lipinski definition) is 3. The first-order valence-corrected chi connectivity index (χ1v) is 10.6. The van der Waals surface area contributed by atoms with Crippen molar-refractivity contribution in [3.63, 3.8) is 0 Å². The molecule has 1 aliphatic rings. The van der Waals surface area contributed by atoms with E-state index in [2.05, 4.69) is 33.3 Å². The minimum absolute atomic E-state index is 0.268. The summed E-state index contributed by atoms with van der Waals surface area (Å²) >= 11 is 8.09. The molecule has 5 rings (SSSR count). The van der Waals surface area contributed by atoms with Gasteiger partial charge in [0.1, 0.15) is 17.3 Å².